The fourth-order valence-electron chi connectivity index (χ4n) is 4.81. The number of aromatic nitrogens is 4. The fourth-order valence-corrected chi connectivity index (χ4v) is 4.81. The second-order valence-electron chi connectivity index (χ2n) is 10.2. The second kappa shape index (κ2) is 8.45. The minimum atomic E-state index is -1.06. The summed E-state index contributed by atoms with van der Waals surface area (Å²) < 4.78 is 2.17. The van der Waals surface area contributed by atoms with Crippen LogP contribution in [0.15, 0.2) is 91.1 Å². The van der Waals surface area contributed by atoms with E-state index in [0.29, 0.717) is 5.69 Å². The van der Waals surface area contributed by atoms with E-state index in [-0.39, 0.29) is 11.1 Å². The number of carboxylic acid groups (broad SMARTS) is 1. The van der Waals surface area contributed by atoms with E-state index in [1.807, 2.05) is 48.7 Å². The number of aromatic carboxylic acids is 1. The zero-order valence-corrected chi connectivity index (χ0v) is 20.9. The molecule has 0 atom stereocenters. The molecule has 37 heavy (non-hydrogen) atoms. The SMILES string of the molecule is CC(C)(C)c1cc(-c2nc3c(-c4cccc(C(=O)O)n4)cccc3n2-c2ccccc2)c2[nH]ccc2c1. The lowest BCUT2D eigenvalue weighted by Crippen LogP contribution is -2.11. The van der Waals surface area contributed by atoms with Gasteiger partial charge in [-0.2, -0.15) is 0 Å². The molecule has 6 rings (SSSR count). The van der Waals surface area contributed by atoms with Crippen LogP contribution in [0.4, 0.5) is 0 Å². The molecule has 0 saturated heterocycles. The fraction of sp³-hybridized carbons (Fsp3) is 0.129. The molecule has 6 nitrogen and oxygen atoms in total. The molecule has 0 fully saturated rings. The van der Waals surface area contributed by atoms with Crippen molar-refractivity contribution in [3.05, 3.63) is 102 Å². The number of imidazole rings is 1. The van der Waals surface area contributed by atoms with Gasteiger partial charge in [-0.3, -0.25) is 4.57 Å². The molecule has 0 spiro atoms. The Balaban J connectivity index is 1.71. The number of benzene rings is 3. The van der Waals surface area contributed by atoms with Gasteiger partial charge in [0.05, 0.1) is 22.2 Å². The summed E-state index contributed by atoms with van der Waals surface area (Å²) in [5.41, 5.74) is 7.23. The molecule has 0 aliphatic rings. The van der Waals surface area contributed by atoms with Crippen molar-refractivity contribution in [2.45, 2.75) is 26.2 Å². The van der Waals surface area contributed by atoms with Crippen molar-refractivity contribution in [3.63, 3.8) is 0 Å². The highest BCUT2D eigenvalue weighted by molar-refractivity contribution is 5.99. The molecule has 6 aromatic rings. The molecule has 3 aromatic carbocycles. The molecule has 0 aliphatic heterocycles. The molecule has 3 heterocycles. The molecule has 0 saturated carbocycles. The minimum Gasteiger partial charge on any atom is -0.477 e. The topological polar surface area (TPSA) is 83.8 Å². The molecular weight excluding hydrogens is 460 g/mol. The van der Waals surface area contributed by atoms with Crippen LogP contribution in [0.2, 0.25) is 0 Å². The number of carbonyl (C=O) groups is 1. The van der Waals surface area contributed by atoms with E-state index in [2.05, 4.69) is 65.6 Å². The standard InChI is InChI=1S/C31H26N4O2/c1-31(2,3)20-17-19-15-16-32-27(19)23(18-20)29-34-28-22(24-12-8-13-25(33-24)30(36)37)11-7-14-26(28)35(29)21-9-5-4-6-10-21/h4-18,32H,1-3H3,(H,36,37). The van der Waals surface area contributed by atoms with Gasteiger partial charge in [-0.15, -0.1) is 0 Å². The minimum absolute atomic E-state index is 0.00295. The lowest BCUT2D eigenvalue weighted by Gasteiger charge is -2.21. The lowest BCUT2D eigenvalue weighted by atomic mass is 9.85. The predicted octanol–water partition coefficient (Wildman–Crippen LogP) is 7.23. The van der Waals surface area contributed by atoms with E-state index < -0.39 is 5.97 Å². The van der Waals surface area contributed by atoms with E-state index in [9.17, 15) is 9.90 Å². The third kappa shape index (κ3) is 3.87. The average molecular weight is 487 g/mol. The van der Waals surface area contributed by atoms with Crippen molar-refractivity contribution >= 4 is 27.9 Å². The van der Waals surface area contributed by atoms with Crippen molar-refractivity contribution in [3.8, 4) is 28.3 Å². The summed E-state index contributed by atoms with van der Waals surface area (Å²) in [4.78, 5) is 24.7. The first-order valence-electron chi connectivity index (χ1n) is 12.2. The van der Waals surface area contributed by atoms with E-state index in [4.69, 9.17) is 4.98 Å². The number of para-hydroxylation sites is 2. The summed E-state index contributed by atoms with van der Waals surface area (Å²) in [5, 5.41) is 10.6. The number of nitrogens with one attached hydrogen (secondary N) is 1. The van der Waals surface area contributed by atoms with Gasteiger partial charge in [-0.25, -0.2) is 14.8 Å². The van der Waals surface area contributed by atoms with Crippen LogP contribution in [0.3, 0.4) is 0 Å². The zero-order valence-electron chi connectivity index (χ0n) is 20.9. The number of hydrogen-bond donors (Lipinski definition) is 2. The number of hydrogen-bond acceptors (Lipinski definition) is 3. The molecule has 0 bridgehead atoms. The maximum atomic E-state index is 11.6. The lowest BCUT2D eigenvalue weighted by molar-refractivity contribution is 0.0690. The highest BCUT2D eigenvalue weighted by Gasteiger charge is 2.23. The van der Waals surface area contributed by atoms with Gasteiger partial charge in [0.25, 0.3) is 0 Å². The van der Waals surface area contributed by atoms with Crippen molar-refractivity contribution in [1.29, 1.82) is 0 Å². The summed E-state index contributed by atoms with van der Waals surface area (Å²) in [5.74, 6) is -0.251. The normalized spacial score (nSPS) is 11.9. The molecule has 0 radical (unpaired) electrons. The van der Waals surface area contributed by atoms with Crippen molar-refractivity contribution in [1.82, 2.24) is 19.5 Å². The van der Waals surface area contributed by atoms with Crippen LogP contribution in [0.5, 0.6) is 0 Å². The van der Waals surface area contributed by atoms with E-state index in [1.165, 1.54) is 11.6 Å². The van der Waals surface area contributed by atoms with Crippen molar-refractivity contribution in [2.75, 3.05) is 0 Å². The summed E-state index contributed by atoms with van der Waals surface area (Å²) >= 11 is 0. The Labute approximate surface area is 214 Å². The van der Waals surface area contributed by atoms with E-state index in [0.717, 1.165) is 44.6 Å². The number of nitrogens with zero attached hydrogens (tertiary/aromatic N) is 3. The average Bonchev–Trinajstić information content (AvgIpc) is 3.53. The summed E-state index contributed by atoms with van der Waals surface area (Å²) in [6.07, 6.45) is 1.96. The van der Waals surface area contributed by atoms with Crippen molar-refractivity contribution in [2.24, 2.45) is 0 Å². The molecular formula is C31H26N4O2. The van der Waals surface area contributed by atoms with Crippen LogP contribution in [-0.4, -0.2) is 30.6 Å². The van der Waals surface area contributed by atoms with Crippen LogP contribution >= 0.6 is 0 Å². The Morgan fingerprint density at radius 1 is 0.865 bits per heavy atom. The molecule has 3 aromatic heterocycles. The summed E-state index contributed by atoms with van der Waals surface area (Å²) in [6.45, 7) is 6.64. The monoisotopic (exact) mass is 486 g/mol. The molecule has 0 unspecified atom stereocenters. The molecule has 0 aliphatic carbocycles. The zero-order chi connectivity index (χ0) is 25.7. The van der Waals surface area contributed by atoms with Gasteiger partial charge in [0.2, 0.25) is 0 Å². The van der Waals surface area contributed by atoms with Gasteiger partial charge >= 0.3 is 5.97 Å². The van der Waals surface area contributed by atoms with Gasteiger partial charge < -0.3 is 10.1 Å². The third-order valence-electron chi connectivity index (χ3n) is 6.71. The van der Waals surface area contributed by atoms with Crippen LogP contribution < -0.4 is 0 Å². The van der Waals surface area contributed by atoms with Gasteiger partial charge in [0, 0.05) is 28.4 Å². The quantitative estimate of drug-likeness (QED) is 0.275. The molecule has 2 N–H and O–H groups in total. The van der Waals surface area contributed by atoms with Crippen LogP contribution in [0.1, 0.15) is 36.8 Å². The molecule has 0 amide bonds. The Morgan fingerprint density at radius 2 is 1.65 bits per heavy atom. The molecule has 6 heteroatoms. The van der Waals surface area contributed by atoms with Gasteiger partial charge in [0.15, 0.2) is 0 Å². The number of pyridine rings is 1. The number of H-pyrrole nitrogens is 1. The number of carboxylic acids is 1. The van der Waals surface area contributed by atoms with Gasteiger partial charge in [0.1, 0.15) is 11.5 Å². The summed E-state index contributed by atoms with van der Waals surface area (Å²) in [7, 11) is 0. The van der Waals surface area contributed by atoms with Gasteiger partial charge in [-0.1, -0.05) is 57.2 Å². The number of aromatic amines is 1. The Bertz CT molecular complexity index is 1790. The maximum absolute atomic E-state index is 11.6. The van der Waals surface area contributed by atoms with Crippen LogP contribution in [0.25, 0.3) is 50.3 Å². The van der Waals surface area contributed by atoms with Crippen LogP contribution in [0, 0.1) is 0 Å². The highest BCUT2D eigenvalue weighted by Crippen LogP contribution is 2.38. The number of fused-ring (bicyclic) bond motifs is 2. The third-order valence-corrected chi connectivity index (χ3v) is 6.71. The predicted molar refractivity (Wildman–Crippen MR) is 147 cm³/mol. The first-order chi connectivity index (χ1) is 17.8. The van der Waals surface area contributed by atoms with Gasteiger partial charge in [-0.05, 0) is 59.5 Å². The van der Waals surface area contributed by atoms with E-state index >= 15 is 0 Å². The number of rotatable bonds is 4. The molecule has 182 valence electrons. The van der Waals surface area contributed by atoms with E-state index in [1.54, 1.807) is 6.07 Å². The Kier molecular flexibility index (Phi) is 5.19. The second-order valence-corrected chi connectivity index (χ2v) is 10.2. The first-order valence-corrected chi connectivity index (χ1v) is 12.2. The maximum Gasteiger partial charge on any atom is 0.354 e. The largest absolute Gasteiger partial charge is 0.477 e. The Morgan fingerprint density at radius 3 is 2.41 bits per heavy atom. The van der Waals surface area contributed by atoms with Crippen LogP contribution in [-0.2, 0) is 5.41 Å². The Hall–Kier alpha value is -4.71. The first kappa shape index (κ1) is 22.7. The highest BCUT2D eigenvalue weighted by atomic mass is 16.4. The smallest absolute Gasteiger partial charge is 0.354 e. The van der Waals surface area contributed by atoms with Crippen molar-refractivity contribution < 1.29 is 9.90 Å². The summed E-state index contributed by atoms with van der Waals surface area (Å²) in [6, 6.07) is 27.7.